The van der Waals surface area contributed by atoms with Gasteiger partial charge in [0.25, 0.3) is 5.91 Å². The molecule has 0 bridgehead atoms. The quantitative estimate of drug-likeness (QED) is 0.839. The lowest BCUT2D eigenvalue weighted by Gasteiger charge is -2.30. The summed E-state index contributed by atoms with van der Waals surface area (Å²) in [5.41, 5.74) is 0.312. The first-order valence-corrected chi connectivity index (χ1v) is 7.55. The number of ether oxygens (including phenoxy) is 1. The molecular formula is C15H18ClF2NO2. The normalized spacial score (nSPS) is 22.1. The van der Waals surface area contributed by atoms with Crippen molar-refractivity contribution in [3.63, 3.8) is 0 Å². The van der Waals surface area contributed by atoms with Crippen LogP contribution in [-0.2, 0) is 0 Å². The summed E-state index contributed by atoms with van der Waals surface area (Å²) in [5, 5.41) is 2.95. The van der Waals surface area contributed by atoms with Crippen molar-refractivity contribution in [3.05, 3.63) is 29.8 Å². The lowest BCUT2D eigenvalue weighted by molar-refractivity contribution is -0.0498. The molecule has 1 amide bonds. The second-order valence-electron chi connectivity index (χ2n) is 5.19. The third-order valence-corrected chi connectivity index (χ3v) is 4.14. The third kappa shape index (κ3) is 4.56. The summed E-state index contributed by atoms with van der Waals surface area (Å²) in [4.78, 5) is 12.2. The zero-order chi connectivity index (χ0) is 15.2. The van der Waals surface area contributed by atoms with Crippen LogP contribution in [-0.4, -0.2) is 24.4 Å². The van der Waals surface area contributed by atoms with Crippen molar-refractivity contribution in [2.45, 2.75) is 38.3 Å². The molecule has 0 heterocycles. The molecule has 0 aromatic heterocycles. The molecule has 1 saturated carbocycles. The van der Waals surface area contributed by atoms with Crippen LogP contribution in [0.1, 0.15) is 36.0 Å². The second kappa shape index (κ2) is 7.59. The molecule has 0 aliphatic heterocycles. The first-order valence-electron chi connectivity index (χ1n) is 7.02. The Bertz CT molecular complexity index is 484. The minimum Gasteiger partial charge on any atom is -0.435 e. The van der Waals surface area contributed by atoms with Crippen LogP contribution >= 0.6 is 11.6 Å². The maximum Gasteiger partial charge on any atom is 0.387 e. The van der Waals surface area contributed by atoms with E-state index in [2.05, 4.69) is 10.1 Å². The molecule has 1 aromatic rings. The molecule has 3 nitrogen and oxygen atoms in total. The summed E-state index contributed by atoms with van der Waals surface area (Å²) in [6.45, 7) is -2.90. The number of nitrogens with one attached hydrogen (secondary N) is 1. The fourth-order valence-electron chi connectivity index (χ4n) is 2.65. The standard InChI is InChI=1S/C15H18ClF2NO2/c16-9-11-4-1-2-7-13(11)19-14(20)10-5-3-6-12(8-10)21-15(17)18/h3,5-6,8,11,13,15H,1-2,4,7,9H2,(H,19,20). The number of hydrogen-bond donors (Lipinski definition) is 1. The molecule has 1 aromatic carbocycles. The Hall–Kier alpha value is -1.36. The van der Waals surface area contributed by atoms with Crippen LogP contribution in [0.3, 0.4) is 0 Å². The Balaban J connectivity index is 2.02. The summed E-state index contributed by atoms with van der Waals surface area (Å²) in [5.74, 6) is 0.483. The van der Waals surface area contributed by atoms with Crippen LogP contribution in [0.5, 0.6) is 5.75 Å². The average Bonchev–Trinajstić information content (AvgIpc) is 2.47. The Morgan fingerprint density at radius 2 is 2.14 bits per heavy atom. The molecule has 0 saturated heterocycles. The predicted octanol–water partition coefficient (Wildman–Crippen LogP) is 3.82. The molecule has 2 rings (SSSR count). The van der Waals surface area contributed by atoms with Gasteiger partial charge in [0, 0.05) is 17.5 Å². The topological polar surface area (TPSA) is 38.3 Å². The molecule has 0 spiro atoms. The molecule has 1 aliphatic carbocycles. The van der Waals surface area contributed by atoms with Crippen molar-refractivity contribution in [1.29, 1.82) is 0 Å². The van der Waals surface area contributed by atoms with Gasteiger partial charge in [-0.15, -0.1) is 11.6 Å². The molecular weight excluding hydrogens is 300 g/mol. The minimum atomic E-state index is -2.90. The zero-order valence-corrected chi connectivity index (χ0v) is 12.3. The predicted molar refractivity (Wildman–Crippen MR) is 77.0 cm³/mol. The van der Waals surface area contributed by atoms with Gasteiger partial charge in [-0.2, -0.15) is 8.78 Å². The van der Waals surface area contributed by atoms with Crippen LogP contribution in [0.25, 0.3) is 0 Å². The SMILES string of the molecule is O=C(NC1CCCCC1CCl)c1cccc(OC(F)F)c1. The van der Waals surface area contributed by atoms with E-state index >= 15 is 0 Å². The van der Waals surface area contributed by atoms with Crippen molar-refractivity contribution < 1.29 is 18.3 Å². The number of benzene rings is 1. The highest BCUT2D eigenvalue weighted by Crippen LogP contribution is 2.26. The molecule has 2 unspecified atom stereocenters. The molecule has 6 heteroatoms. The second-order valence-corrected chi connectivity index (χ2v) is 5.49. The maximum atomic E-state index is 12.2. The van der Waals surface area contributed by atoms with Gasteiger partial charge in [-0.3, -0.25) is 4.79 Å². The van der Waals surface area contributed by atoms with Gasteiger partial charge in [-0.25, -0.2) is 0 Å². The van der Waals surface area contributed by atoms with Crippen LogP contribution in [0.4, 0.5) is 8.78 Å². The zero-order valence-electron chi connectivity index (χ0n) is 11.5. The highest BCUT2D eigenvalue weighted by Gasteiger charge is 2.26. The van der Waals surface area contributed by atoms with Crippen molar-refractivity contribution in [2.75, 3.05) is 5.88 Å². The van der Waals surface area contributed by atoms with Gasteiger partial charge in [0.1, 0.15) is 5.75 Å². The molecule has 116 valence electrons. The lowest BCUT2D eigenvalue weighted by Crippen LogP contribution is -2.42. The summed E-state index contributed by atoms with van der Waals surface area (Å²) in [6.07, 6.45) is 4.09. The number of carbonyl (C=O) groups excluding carboxylic acids is 1. The van der Waals surface area contributed by atoms with Gasteiger partial charge in [0.05, 0.1) is 0 Å². The van der Waals surface area contributed by atoms with Crippen molar-refractivity contribution in [3.8, 4) is 5.75 Å². The van der Waals surface area contributed by atoms with E-state index < -0.39 is 6.61 Å². The van der Waals surface area contributed by atoms with Gasteiger partial charge in [-0.1, -0.05) is 18.9 Å². The molecule has 2 atom stereocenters. The summed E-state index contributed by atoms with van der Waals surface area (Å²) < 4.78 is 28.7. The van der Waals surface area contributed by atoms with Crippen molar-refractivity contribution in [1.82, 2.24) is 5.32 Å². The van der Waals surface area contributed by atoms with E-state index in [0.717, 1.165) is 25.7 Å². The molecule has 21 heavy (non-hydrogen) atoms. The van der Waals surface area contributed by atoms with E-state index in [0.29, 0.717) is 11.4 Å². The number of hydrogen-bond acceptors (Lipinski definition) is 2. The van der Waals surface area contributed by atoms with Crippen LogP contribution in [0.15, 0.2) is 24.3 Å². The van der Waals surface area contributed by atoms with E-state index in [-0.39, 0.29) is 23.6 Å². The monoisotopic (exact) mass is 317 g/mol. The molecule has 1 N–H and O–H groups in total. The van der Waals surface area contributed by atoms with E-state index in [9.17, 15) is 13.6 Å². The summed E-state index contributed by atoms with van der Waals surface area (Å²) >= 11 is 5.93. The Labute approximate surface area is 127 Å². The first kappa shape index (κ1) is 16.0. The highest BCUT2D eigenvalue weighted by molar-refractivity contribution is 6.18. The third-order valence-electron chi connectivity index (χ3n) is 3.75. The van der Waals surface area contributed by atoms with Gasteiger partial charge >= 0.3 is 6.61 Å². The van der Waals surface area contributed by atoms with Crippen LogP contribution in [0, 0.1) is 5.92 Å². The molecule has 1 aliphatic rings. The van der Waals surface area contributed by atoms with E-state index in [4.69, 9.17) is 11.6 Å². The van der Waals surface area contributed by atoms with E-state index in [1.165, 1.54) is 18.2 Å². The fourth-order valence-corrected chi connectivity index (χ4v) is 3.02. The van der Waals surface area contributed by atoms with Gasteiger partial charge in [-0.05, 0) is 37.0 Å². The summed E-state index contributed by atoms with van der Waals surface area (Å²) in [6, 6.07) is 5.85. The molecule has 0 radical (unpaired) electrons. The van der Waals surface area contributed by atoms with Crippen molar-refractivity contribution >= 4 is 17.5 Å². The van der Waals surface area contributed by atoms with Gasteiger partial charge in [0.15, 0.2) is 0 Å². The van der Waals surface area contributed by atoms with Gasteiger partial charge in [0.2, 0.25) is 0 Å². The molecule has 1 fully saturated rings. The van der Waals surface area contributed by atoms with Crippen molar-refractivity contribution in [2.24, 2.45) is 5.92 Å². The smallest absolute Gasteiger partial charge is 0.387 e. The number of halogens is 3. The maximum absolute atomic E-state index is 12.2. The van der Waals surface area contributed by atoms with Crippen LogP contribution < -0.4 is 10.1 Å². The number of rotatable bonds is 5. The lowest BCUT2D eigenvalue weighted by atomic mass is 9.85. The van der Waals surface area contributed by atoms with E-state index in [1.54, 1.807) is 6.07 Å². The number of amides is 1. The largest absolute Gasteiger partial charge is 0.435 e. The van der Waals surface area contributed by atoms with E-state index in [1.807, 2.05) is 0 Å². The number of alkyl halides is 3. The Morgan fingerprint density at radius 1 is 1.38 bits per heavy atom. The summed E-state index contributed by atoms with van der Waals surface area (Å²) in [7, 11) is 0. The average molecular weight is 318 g/mol. The Morgan fingerprint density at radius 3 is 2.86 bits per heavy atom. The van der Waals surface area contributed by atoms with Gasteiger partial charge < -0.3 is 10.1 Å². The fraction of sp³-hybridized carbons (Fsp3) is 0.533. The number of carbonyl (C=O) groups is 1. The minimum absolute atomic E-state index is 0.0183. The highest BCUT2D eigenvalue weighted by atomic mass is 35.5. The Kier molecular flexibility index (Phi) is 5.79. The van der Waals surface area contributed by atoms with Crippen LogP contribution in [0.2, 0.25) is 0 Å². The first-order chi connectivity index (χ1) is 10.1.